The van der Waals surface area contributed by atoms with Crippen molar-refractivity contribution in [3.05, 3.63) is 87.7 Å². The summed E-state index contributed by atoms with van der Waals surface area (Å²) in [6.07, 6.45) is 3.37. The van der Waals surface area contributed by atoms with Crippen LogP contribution in [0, 0.1) is 6.92 Å². The van der Waals surface area contributed by atoms with E-state index in [0.717, 1.165) is 28.4 Å². The Morgan fingerprint density at radius 2 is 1.71 bits per heavy atom. The minimum atomic E-state index is -0.351. The third-order valence-corrected chi connectivity index (χ3v) is 5.19. The molecule has 0 unspecified atom stereocenters. The van der Waals surface area contributed by atoms with Crippen molar-refractivity contribution in [1.29, 1.82) is 0 Å². The molecule has 31 heavy (non-hydrogen) atoms. The van der Waals surface area contributed by atoms with Crippen LogP contribution in [0.2, 0.25) is 0 Å². The minimum Gasteiger partial charge on any atom is -0.457 e. The van der Waals surface area contributed by atoms with Crippen LogP contribution in [0.15, 0.2) is 75.3 Å². The molecule has 0 saturated heterocycles. The zero-order valence-electron chi connectivity index (χ0n) is 17.6. The molecule has 0 fully saturated rings. The van der Waals surface area contributed by atoms with Crippen molar-refractivity contribution >= 4 is 33.8 Å². The highest BCUT2D eigenvalue weighted by Gasteiger charge is 2.15. The first-order valence-electron chi connectivity index (χ1n) is 10.2. The third-order valence-electron chi connectivity index (χ3n) is 4.66. The summed E-state index contributed by atoms with van der Waals surface area (Å²) in [7, 11) is 0. The number of carbonyl (C=O) groups excluding carboxylic acids is 2. The summed E-state index contributed by atoms with van der Waals surface area (Å²) in [6, 6.07) is 18.5. The van der Waals surface area contributed by atoms with Crippen LogP contribution < -0.4 is 10.6 Å². The summed E-state index contributed by atoms with van der Waals surface area (Å²) in [5, 5.41) is 5.57. The number of aryl methyl sites for hydroxylation is 1. The first-order chi connectivity index (χ1) is 15.0. The lowest BCUT2D eigenvalue weighted by Gasteiger charge is -2.10. The van der Waals surface area contributed by atoms with Gasteiger partial charge in [-0.15, -0.1) is 0 Å². The maximum Gasteiger partial charge on any atom is 0.267 e. The van der Waals surface area contributed by atoms with E-state index in [1.807, 2.05) is 49.4 Å². The minimum absolute atomic E-state index is 0.137. The largest absolute Gasteiger partial charge is 0.457 e. The van der Waals surface area contributed by atoms with Gasteiger partial charge in [-0.2, -0.15) is 0 Å². The van der Waals surface area contributed by atoms with Crippen LogP contribution in [0.1, 0.15) is 41.4 Å². The van der Waals surface area contributed by atoms with E-state index in [4.69, 9.17) is 4.42 Å². The summed E-state index contributed by atoms with van der Waals surface area (Å²) >= 11 is 3.42. The van der Waals surface area contributed by atoms with Crippen molar-refractivity contribution in [2.24, 2.45) is 0 Å². The molecule has 3 aromatic rings. The molecule has 2 N–H and O–H groups in total. The number of halogens is 1. The molecule has 6 heteroatoms. The van der Waals surface area contributed by atoms with E-state index >= 15 is 0 Å². The number of nitrogens with one attached hydrogen (secondary N) is 2. The maximum atomic E-state index is 12.7. The normalized spacial score (nSPS) is 11.3. The van der Waals surface area contributed by atoms with Gasteiger partial charge in [0.2, 0.25) is 0 Å². The summed E-state index contributed by atoms with van der Waals surface area (Å²) in [5.74, 6) is 0.448. The van der Waals surface area contributed by atoms with Crippen molar-refractivity contribution in [2.75, 3.05) is 6.54 Å². The van der Waals surface area contributed by atoms with E-state index in [2.05, 4.69) is 33.5 Å². The van der Waals surface area contributed by atoms with Crippen molar-refractivity contribution in [2.45, 2.75) is 26.7 Å². The molecule has 0 aliphatic carbocycles. The molecule has 1 aromatic heterocycles. The molecular formula is C25H25BrN2O3. The number of hydrogen-bond donors (Lipinski definition) is 2. The summed E-state index contributed by atoms with van der Waals surface area (Å²) in [5.41, 5.74) is 2.59. The van der Waals surface area contributed by atoms with Gasteiger partial charge in [0.15, 0.2) is 0 Å². The summed E-state index contributed by atoms with van der Waals surface area (Å²) in [6.45, 7) is 4.54. The Balaban J connectivity index is 1.83. The lowest BCUT2D eigenvalue weighted by atomic mass is 10.1. The number of hydrogen-bond acceptors (Lipinski definition) is 3. The SMILES string of the molecule is CCCCNC(=O)/C(=C\c1ccc(-c2ccc(Br)cc2)o1)NC(=O)c1ccc(C)cc1. The van der Waals surface area contributed by atoms with Gasteiger partial charge in [-0.25, -0.2) is 0 Å². The zero-order chi connectivity index (χ0) is 22.2. The monoisotopic (exact) mass is 480 g/mol. The molecule has 0 bridgehead atoms. The smallest absolute Gasteiger partial charge is 0.267 e. The Hall–Kier alpha value is -3.12. The fourth-order valence-electron chi connectivity index (χ4n) is 2.87. The summed E-state index contributed by atoms with van der Waals surface area (Å²) in [4.78, 5) is 25.4. The summed E-state index contributed by atoms with van der Waals surface area (Å²) < 4.78 is 6.88. The zero-order valence-corrected chi connectivity index (χ0v) is 19.2. The molecule has 0 aliphatic heterocycles. The quantitative estimate of drug-likeness (QED) is 0.320. The second kappa shape index (κ2) is 10.8. The topological polar surface area (TPSA) is 71.3 Å². The highest BCUT2D eigenvalue weighted by Crippen LogP contribution is 2.25. The van der Waals surface area contributed by atoms with Crippen LogP contribution in [0.5, 0.6) is 0 Å². The van der Waals surface area contributed by atoms with E-state index in [0.29, 0.717) is 23.6 Å². The van der Waals surface area contributed by atoms with Gasteiger partial charge in [0.05, 0.1) is 0 Å². The van der Waals surface area contributed by atoms with Crippen molar-refractivity contribution in [1.82, 2.24) is 10.6 Å². The molecule has 0 spiro atoms. The molecule has 2 aromatic carbocycles. The van der Waals surface area contributed by atoms with E-state index in [1.165, 1.54) is 0 Å². The van der Waals surface area contributed by atoms with Gasteiger partial charge in [-0.3, -0.25) is 9.59 Å². The number of carbonyl (C=O) groups is 2. The van der Waals surface area contributed by atoms with Gasteiger partial charge in [0.1, 0.15) is 17.2 Å². The second-order valence-electron chi connectivity index (χ2n) is 7.20. The van der Waals surface area contributed by atoms with Gasteiger partial charge in [-0.05, 0) is 49.7 Å². The van der Waals surface area contributed by atoms with Gasteiger partial charge >= 0.3 is 0 Å². The van der Waals surface area contributed by atoms with Crippen molar-refractivity contribution in [3.8, 4) is 11.3 Å². The van der Waals surface area contributed by atoms with E-state index in [-0.39, 0.29) is 17.5 Å². The number of benzene rings is 2. The van der Waals surface area contributed by atoms with Gasteiger partial charge < -0.3 is 15.1 Å². The van der Waals surface area contributed by atoms with Crippen LogP contribution in [0.25, 0.3) is 17.4 Å². The standard InChI is InChI=1S/C25H25BrN2O3/c1-3-4-15-27-25(30)22(28-24(29)19-7-5-17(2)6-8-19)16-21-13-14-23(31-21)18-9-11-20(26)12-10-18/h5-14,16H,3-4,15H2,1-2H3,(H,27,30)(H,28,29)/b22-16+. The van der Waals surface area contributed by atoms with Gasteiger partial charge in [0, 0.05) is 28.2 Å². The molecule has 0 atom stereocenters. The lowest BCUT2D eigenvalue weighted by molar-refractivity contribution is -0.117. The molecule has 3 rings (SSSR count). The van der Waals surface area contributed by atoms with E-state index < -0.39 is 0 Å². The molecule has 160 valence electrons. The first kappa shape index (κ1) is 22.6. The average Bonchev–Trinajstić information content (AvgIpc) is 3.23. The number of rotatable bonds is 8. The lowest BCUT2D eigenvalue weighted by Crippen LogP contribution is -2.35. The third kappa shape index (κ3) is 6.43. The Kier molecular flexibility index (Phi) is 7.84. The molecule has 1 heterocycles. The van der Waals surface area contributed by atoms with Crippen molar-refractivity contribution in [3.63, 3.8) is 0 Å². The van der Waals surface area contributed by atoms with Crippen LogP contribution in [0.3, 0.4) is 0 Å². The average molecular weight is 481 g/mol. The number of amides is 2. The Morgan fingerprint density at radius 1 is 1.00 bits per heavy atom. The van der Waals surface area contributed by atoms with Crippen LogP contribution in [-0.2, 0) is 4.79 Å². The molecule has 0 saturated carbocycles. The molecule has 2 amide bonds. The first-order valence-corrected chi connectivity index (χ1v) is 11.0. The van der Waals surface area contributed by atoms with E-state index in [1.54, 1.807) is 24.3 Å². The highest BCUT2D eigenvalue weighted by molar-refractivity contribution is 9.10. The Bertz CT molecular complexity index is 1070. The van der Waals surface area contributed by atoms with E-state index in [9.17, 15) is 9.59 Å². The van der Waals surface area contributed by atoms with Crippen molar-refractivity contribution < 1.29 is 14.0 Å². The van der Waals surface area contributed by atoms with Crippen LogP contribution >= 0.6 is 15.9 Å². The maximum absolute atomic E-state index is 12.7. The second-order valence-corrected chi connectivity index (χ2v) is 8.11. The molecule has 5 nitrogen and oxygen atoms in total. The van der Waals surface area contributed by atoms with Crippen LogP contribution in [0.4, 0.5) is 0 Å². The number of unbranched alkanes of at least 4 members (excludes halogenated alkanes) is 1. The molecule has 0 aliphatic rings. The highest BCUT2D eigenvalue weighted by atomic mass is 79.9. The Labute approximate surface area is 190 Å². The number of furan rings is 1. The molecular weight excluding hydrogens is 456 g/mol. The fraction of sp³-hybridized carbons (Fsp3) is 0.200. The predicted molar refractivity (Wildman–Crippen MR) is 126 cm³/mol. The van der Waals surface area contributed by atoms with Gasteiger partial charge in [0.25, 0.3) is 11.8 Å². The van der Waals surface area contributed by atoms with Crippen LogP contribution in [-0.4, -0.2) is 18.4 Å². The molecule has 0 radical (unpaired) electrons. The fourth-order valence-corrected chi connectivity index (χ4v) is 3.14. The predicted octanol–water partition coefficient (Wildman–Crippen LogP) is 5.70. The van der Waals surface area contributed by atoms with Gasteiger partial charge in [-0.1, -0.05) is 59.1 Å². The Morgan fingerprint density at radius 3 is 2.39 bits per heavy atom.